The lowest BCUT2D eigenvalue weighted by Gasteiger charge is -2.09. The predicted octanol–water partition coefficient (Wildman–Crippen LogP) is 3.22. The molecule has 0 saturated heterocycles. The first-order valence-electron chi connectivity index (χ1n) is 5.46. The van der Waals surface area contributed by atoms with Crippen molar-refractivity contribution in [1.29, 1.82) is 0 Å². The molecular formula is C13H13ClN2O. The molecule has 0 fully saturated rings. The third-order valence-electron chi connectivity index (χ3n) is 2.75. The van der Waals surface area contributed by atoms with Crippen LogP contribution in [0.3, 0.4) is 0 Å². The summed E-state index contributed by atoms with van der Waals surface area (Å²) in [6, 6.07) is 9.65. The van der Waals surface area contributed by atoms with Gasteiger partial charge >= 0.3 is 0 Å². The number of benzene rings is 1. The summed E-state index contributed by atoms with van der Waals surface area (Å²) in [4.78, 5) is 10.5. The number of nitrogens with zero attached hydrogens (tertiary/aromatic N) is 2. The number of hydrogen-bond donors (Lipinski definition) is 0. The summed E-state index contributed by atoms with van der Waals surface area (Å²) >= 11 is 5.98. The van der Waals surface area contributed by atoms with Gasteiger partial charge in [-0.15, -0.1) is 0 Å². The minimum absolute atomic E-state index is 0.245. The van der Waals surface area contributed by atoms with E-state index in [4.69, 9.17) is 11.6 Å². The third-order valence-corrected chi connectivity index (χ3v) is 3.04. The van der Waals surface area contributed by atoms with E-state index >= 15 is 0 Å². The molecule has 1 heterocycles. The van der Waals surface area contributed by atoms with Crippen molar-refractivity contribution in [1.82, 2.24) is 9.78 Å². The van der Waals surface area contributed by atoms with Crippen molar-refractivity contribution >= 4 is 17.9 Å². The van der Waals surface area contributed by atoms with Crippen molar-refractivity contribution in [3.63, 3.8) is 0 Å². The number of hydrogen-bond acceptors (Lipinski definition) is 2. The zero-order valence-electron chi connectivity index (χ0n) is 9.51. The highest BCUT2D eigenvalue weighted by atomic mass is 35.5. The molecule has 1 atom stereocenters. The highest BCUT2D eigenvalue weighted by Crippen LogP contribution is 2.21. The number of carbonyl (C=O) groups is 1. The molecule has 1 aromatic carbocycles. The van der Waals surface area contributed by atoms with Gasteiger partial charge in [0, 0.05) is 6.42 Å². The number of carbonyl (C=O) groups excluding carboxylic acids is 1. The summed E-state index contributed by atoms with van der Waals surface area (Å²) in [5.74, 6) is 0.245. The molecule has 0 spiro atoms. The fourth-order valence-corrected chi connectivity index (χ4v) is 1.90. The molecule has 0 aliphatic rings. The van der Waals surface area contributed by atoms with Crippen molar-refractivity contribution in [2.75, 3.05) is 0 Å². The standard InChI is InChI=1S/C13H13ClN2O/c1-10(7-9-17)11-2-4-12(5-3-11)16-13(14)6-8-15-16/h2-6,8-10H,7H2,1H3. The van der Waals surface area contributed by atoms with E-state index in [-0.39, 0.29) is 5.92 Å². The highest BCUT2D eigenvalue weighted by molar-refractivity contribution is 6.29. The molecule has 2 rings (SSSR count). The van der Waals surface area contributed by atoms with Crippen LogP contribution in [0.2, 0.25) is 5.15 Å². The molecule has 0 aliphatic heterocycles. The molecular weight excluding hydrogens is 236 g/mol. The van der Waals surface area contributed by atoms with Crippen molar-refractivity contribution in [3.05, 3.63) is 47.2 Å². The molecule has 0 amide bonds. The minimum atomic E-state index is 0.245. The largest absolute Gasteiger partial charge is 0.303 e. The Morgan fingerprint density at radius 3 is 2.59 bits per heavy atom. The molecule has 0 saturated carbocycles. The zero-order valence-corrected chi connectivity index (χ0v) is 10.3. The van der Waals surface area contributed by atoms with Crippen LogP contribution in [0.25, 0.3) is 5.69 Å². The molecule has 0 N–H and O–H groups in total. The Labute approximate surface area is 105 Å². The first-order chi connectivity index (χ1) is 8.22. The Balaban J connectivity index is 2.24. The van der Waals surface area contributed by atoms with E-state index in [1.54, 1.807) is 16.9 Å². The van der Waals surface area contributed by atoms with Gasteiger partial charge in [0.15, 0.2) is 0 Å². The fourth-order valence-electron chi connectivity index (χ4n) is 1.70. The van der Waals surface area contributed by atoms with Gasteiger partial charge in [-0.1, -0.05) is 30.7 Å². The summed E-state index contributed by atoms with van der Waals surface area (Å²) in [5, 5.41) is 4.71. The molecule has 3 nitrogen and oxygen atoms in total. The van der Waals surface area contributed by atoms with Crippen LogP contribution < -0.4 is 0 Å². The minimum Gasteiger partial charge on any atom is -0.303 e. The Morgan fingerprint density at radius 2 is 2.06 bits per heavy atom. The van der Waals surface area contributed by atoms with Gasteiger partial charge in [-0.25, -0.2) is 4.68 Å². The smallest absolute Gasteiger partial charge is 0.132 e. The average molecular weight is 249 g/mol. The maximum absolute atomic E-state index is 10.5. The summed E-state index contributed by atoms with van der Waals surface area (Å²) in [6.07, 6.45) is 3.15. The first-order valence-corrected chi connectivity index (χ1v) is 5.83. The van der Waals surface area contributed by atoms with Crippen LogP contribution in [0.1, 0.15) is 24.8 Å². The van der Waals surface area contributed by atoms with E-state index in [0.717, 1.165) is 17.5 Å². The lowest BCUT2D eigenvalue weighted by molar-refractivity contribution is -0.108. The van der Waals surface area contributed by atoms with Crippen LogP contribution in [0, 0.1) is 0 Å². The number of halogens is 1. The van der Waals surface area contributed by atoms with Gasteiger partial charge in [0.1, 0.15) is 11.4 Å². The van der Waals surface area contributed by atoms with Crippen molar-refractivity contribution < 1.29 is 4.79 Å². The van der Waals surface area contributed by atoms with Gasteiger partial charge in [0.25, 0.3) is 0 Å². The van der Waals surface area contributed by atoms with E-state index in [0.29, 0.717) is 11.6 Å². The van der Waals surface area contributed by atoms with Crippen molar-refractivity contribution in [2.24, 2.45) is 0 Å². The topological polar surface area (TPSA) is 34.9 Å². The molecule has 1 aromatic heterocycles. The monoisotopic (exact) mass is 248 g/mol. The van der Waals surface area contributed by atoms with Crippen LogP contribution in [-0.2, 0) is 4.79 Å². The van der Waals surface area contributed by atoms with Gasteiger partial charge in [0.05, 0.1) is 11.9 Å². The summed E-state index contributed by atoms with van der Waals surface area (Å²) < 4.78 is 1.66. The third kappa shape index (κ3) is 2.56. The zero-order chi connectivity index (χ0) is 12.3. The molecule has 0 bridgehead atoms. The normalized spacial score (nSPS) is 12.4. The van der Waals surface area contributed by atoms with Crippen LogP contribution in [0.15, 0.2) is 36.5 Å². The molecule has 2 aromatic rings. The lowest BCUT2D eigenvalue weighted by atomic mass is 9.98. The Kier molecular flexibility index (Phi) is 3.59. The van der Waals surface area contributed by atoms with Crippen LogP contribution >= 0.6 is 11.6 Å². The second kappa shape index (κ2) is 5.15. The van der Waals surface area contributed by atoms with Crippen LogP contribution in [-0.4, -0.2) is 16.1 Å². The van der Waals surface area contributed by atoms with E-state index < -0.39 is 0 Å². The highest BCUT2D eigenvalue weighted by Gasteiger charge is 2.06. The number of aromatic nitrogens is 2. The maximum Gasteiger partial charge on any atom is 0.132 e. The second-order valence-corrected chi connectivity index (χ2v) is 4.35. The molecule has 1 unspecified atom stereocenters. The number of rotatable bonds is 4. The van der Waals surface area contributed by atoms with Gasteiger partial charge in [-0.05, 0) is 29.7 Å². The van der Waals surface area contributed by atoms with Crippen LogP contribution in [0.4, 0.5) is 0 Å². The van der Waals surface area contributed by atoms with Gasteiger partial charge < -0.3 is 4.79 Å². The molecule has 17 heavy (non-hydrogen) atoms. The quantitative estimate of drug-likeness (QED) is 0.779. The van der Waals surface area contributed by atoms with E-state index in [2.05, 4.69) is 5.10 Å². The Morgan fingerprint density at radius 1 is 1.35 bits per heavy atom. The Hall–Kier alpha value is -1.61. The van der Waals surface area contributed by atoms with Gasteiger partial charge in [0.2, 0.25) is 0 Å². The molecule has 0 aliphatic carbocycles. The Bertz CT molecular complexity index is 504. The summed E-state index contributed by atoms with van der Waals surface area (Å²) in [6.45, 7) is 2.03. The van der Waals surface area contributed by atoms with E-state index in [1.807, 2.05) is 31.2 Å². The lowest BCUT2D eigenvalue weighted by Crippen LogP contribution is -1.98. The summed E-state index contributed by atoms with van der Waals surface area (Å²) in [5.41, 5.74) is 2.06. The predicted molar refractivity (Wildman–Crippen MR) is 67.7 cm³/mol. The molecule has 0 radical (unpaired) electrons. The van der Waals surface area contributed by atoms with E-state index in [9.17, 15) is 4.79 Å². The van der Waals surface area contributed by atoms with Crippen molar-refractivity contribution in [3.8, 4) is 5.69 Å². The maximum atomic E-state index is 10.5. The van der Waals surface area contributed by atoms with Gasteiger partial charge in [-0.3, -0.25) is 0 Å². The molecule has 88 valence electrons. The van der Waals surface area contributed by atoms with Gasteiger partial charge in [-0.2, -0.15) is 5.10 Å². The van der Waals surface area contributed by atoms with Crippen molar-refractivity contribution in [2.45, 2.75) is 19.3 Å². The SMILES string of the molecule is CC(CC=O)c1ccc(-n2nccc2Cl)cc1. The molecule has 4 heteroatoms. The average Bonchev–Trinajstić information content (AvgIpc) is 2.76. The summed E-state index contributed by atoms with van der Waals surface area (Å²) in [7, 11) is 0. The van der Waals surface area contributed by atoms with Crippen LogP contribution in [0.5, 0.6) is 0 Å². The van der Waals surface area contributed by atoms with E-state index in [1.165, 1.54) is 0 Å². The second-order valence-electron chi connectivity index (χ2n) is 3.96. The first kappa shape index (κ1) is 11.9. The number of aldehydes is 1. The fraction of sp³-hybridized carbons (Fsp3) is 0.231.